The topological polar surface area (TPSA) is 68.6 Å². The third-order valence-corrected chi connectivity index (χ3v) is 6.07. The molecule has 4 rings (SSSR count). The van der Waals surface area contributed by atoms with Crippen molar-refractivity contribution in [1.82, 2.24) is 20.0 Å². The standard InChI is InChI=1S/C21H28N4O3/c1-27-18-14-16-4-12-24(13-5-17(16)15-19(18)28-2)20(26)21(6-9-22-10-7-21)25-11-3-8-23-25/h3,8,11,14-15,22H,4-7,9-10,12-13H2,1-2H3. The second-order valence-corrected chi connectivity index (χ2v) is 7.50. The van der Waals surface area contributed by atoms with Crippen LogP contribution in [0.2, 0.25) is 0 Å². The van der Waals surface area contributed by atoms with Crippen LogP contribution in [0.25, 0.3) is 0 Å². The lowest BCUT2D eigenvalue weighted by Crippen LogP contribution is -2.56. The summed E-state index contributed by atoms with van der Waals surface area (Å²) in [5.41, 5.74) is 1.87. The van der Waals surface area contributed by atoms with Crippen LogP contribution in [0.5, 0.6) is 11.5 Å². The smallest absolute Gasteiger partial charge is 0.250 e. The third kappa shape index (κ3) is 3.24. The number of ether oxygens (including phenoxy) is 2. The molecule has 28 heavy (non-hydrogen) atoms. The molecular formula is C21H28N4O3. The summed E-state index contributed by atoms with van der Waals surface area (Å²) in [6, 6.07) is 6.00. The van der Waals surface area contributed by atoms with Crippen LogP contribution in [0.4, 0.5) is 0 Å². The maximum atomic E-state index is 13.7. The number of rotatable bonds is 4. The van der Waals surface area contributed by atoms with Gasteiger partial charge >= 0.3 is 0 Å². The van der Waals surface area contributed by atoms with E-state index in [0.717, 1.165) is 50.3 Å². The highest BCUT2D eigenvalue weighted by atomic mass is 16.5. The zero-order valence-electron chi connectivity index (χ0n) is 16.6. The Hall–Kier alpha value is -2.54. The number of carbonyl (C=O) groups excluding carboxylic acids is 1. The Labute approximate surface area is 165 Å². The van der Waals surface area contributed by atoms with E-state index in [1.807, 2.05) is 21.8 Å². The number of aromatic nitrogens is 2. The fraction of sp³-hybridized carbons (Fsp3) is 0.524. The molecule has 3 heterocycles. The third-order valence-electron chi connectivity index (χ3n) is 6.07. The summed E-state index contributed by atoms with van der Waals surface area (Å²) in [5, 5.41) is 7.82. The fourth-order valence-electron chi connectivity index (χ4n) is 4.45. The minimum Gasteiger partial charge on any atom is -0.493 e. The average Bonchev–Trinajstić information content (AvgIpc) is 3.21. The van der Waals surface area contributed by atoms with Crippen LogP contribution in [0.15, 0.2) is 30.6 Å². The van der Waals surface area contributed by atoms with Crippen LogP contribution in [0, 0.1) is 0 Å². The average molecular weight is 384 g/mol. The minimum atomic E-state index is -0.583. The number of amides is 1. The van der Waals surface area contributed by atoms with Gasteiger partial charge in [-0.2, -0.15) is 5.10 Å². The summed E-state index contributed by atoms with van der Waals surface area (Å²) < 4.78 is 12.8. The zero-order chi connectivity index (χ0) is 19.6. The van der Waals surface area contributed by atoms with Crippen molar-refractivity contribution >= 4 is 5.91 Å². The molecule has 0 aliphatic carbocycles. The molecule has 1 aromatic carbocycles. The molecule has 7 nitrogen and oxygen atoms in total. The Morgan fingerprint density at radius 3 is 2.18 bits per heavy atom. The van der Waals surface area contributed by atoms with E-state index < -0.39 is 5.54 Å². The Morgan fingerprint density at radius 1 is 1.07 bits per heavy atom. The van der Waals surface area contributed by atoms with Crippen molar-refractivity contribution < 1.29 is 14.3 Å². The number of nitrogens with one attached hydrogen (secondary N) is 1. The van der Waals surface area contributed by atoms with E-state index in [9.17, 15) is 4.79 Å². The van der Waals surface area contributed by atoms with Crippen molar-refractivity contribution in [2.24, 2.45) is 0 Å². The molecule has 0 spiro atoms. The second-order valence-electron chi connectivity index (χ2n) is 7.50. The van der Waals surface area contributed by atoms with Crippen molar-refractivity contribution in [3.8, 4) is 11.5 Å². The molecule has 1 N–H and O–H groups in total. The summed E-state index contributed by atoms with van der Waals surface area (Å²) in [6.45, 7) is 3.07. The molecule has 2 aromatic rings. The second kappa shape index (κ2) is 7.83. The molecule has 2 aliphatic rings. The monoisotopic (exact) mass is 384 g/mol. The van der Waals surface area contributed by atoms with Gasteiger partial charge in [0.1, 0.15) is 5.54 Å². The van der Waals surface area contributed by atoms with Gasteiger partial charge in [-0.05, 0) is 68.1 Å². The number of piperidine rings is 1. The van der Waals surface area contributed by atoms with Crippen molar-refractivity contribution in [3.05, 3.63) is 41.7 Å². The molecule has 1 saturated heterocycles. The molecule has 7 heteroatoms. The summed E-state index contributed by atoms with van der Waals surface area (Å²) in [6.07, 6.45) is 6.83. The predicted molar refractivity (Wildman–Crippen MR) is 106 cm³/mol. The Kier molecular flexibility index (Phi) is 5.26. The van der Waals surface area contributed by atoms with Crippen LogP contribution < -0.4 is 14.8 Å². The molecule has 0 atom stereocenters. The van der Waals surface area contributed by atoms with Gasteiger partial charge in [0.25, 0.3) is 5.91 Å². The Morgan fingerprint density at radius 2 is 1.68 bits per heavy atom. The lowest BCUT2D eigenvalue weighted by molar-refractivity contribution is -0.143. The normalized spacial score (nSPS) is 18.9. The number of nitrogens with zero attached hydrogens (tertiary/aromatic N) is 3. The Balaban J connectivity index is 1.59. The van der Waals surface area contributed by atoms with E-state index in [1.54, 1.807) is 20.4 Å². The van der Waals surface area contributed by atoms with Gasteiger partial charge in [0, 0.05) is 25.5 Å². The van der Waals surface area contributed by atoms with Gasteiger partial charge in [-0.25, -0.2) is 0 Å². The lowest BCUT2D eigenvalue weighted by Gasteiger charge is -2.40. The maximum absolute atomic E-state index is 13.7. The maximum Gasteiger partial charge on any atom is 0.250 e. The number of methoxy groups -OCH3 is 2. The molecule has 1 amide bonds. The first-order valence-corrected chi connectivity index (χ1v) is 9.92. The molecule has 2 aliphatic heterocycles. The van der Waals surface area contributed by atoms with E-state index in [2.05, 4.69) is 22.5 Å². The van der Waals surface area contributed by atoms with E-state index >= 15 is 0 Å². The molecule has 0 bridgehead atoms. The highest BCUT2D eigenvalue weighted by molar-refractivity contribution is 5.85. The number of benzene rings is 1. The van der Waals surface area contributed by atoms with Crippen LogP contribution >= 0.6 is 0 Å². The fourth-order valence-corrected chi connectivity index (χ4v) is 4.45. The van der Waals surface area contributed by atoms with Gasteiger partial charge in [-0.1, -0.05) is 0 Å². The molecular weight excluding hydrogens is 356 g/mol. The quantitative estimate of drug-likeness (QED) is 0.867. The zero-order valence-corrected chi connectivity index (χ0v) is 16.6. The van der Waals surface area contributed by atoms with Gasteiger partial charge < -0.3 is 19.7 Å². The highest BCUT2D eigenvalue weighted by Gasteiger charge is 2.44. The van der Waals surface area contributed by atoms with Gasteiger partial charge in [-0.15, -0.1) is 0 Å². The number of carbonyl (C=O) groups is 1. The van der Waals surface area contributed by atoms with Crippen molar-refractivity contribution in [1.29, 1.82) is 0 Å². The van der Waals surface area contributed by atoms with Crippen LogP contribution in [0.3, 0.4) is 0 Å². The van der Waals surface area contributed by atoms with Crippen LogP contribution in [-0.4, -0.2) is 61.0 Å². The van der Waals surface area contributed by atoms with Crippen molar-refractivity contribution in [3.63, 3.8) is 0 Å². The van der Waals surface area contributed by atoms with Crippen LogP contribution in [-0.2, 0) is 23.2 Å². The summed E-state index contributed by atoms with van der Waals surface area (Å²) in [4.78, 5) is 15.7. The SMILES string of the molecule is COc1cc2c(cc1OC)CCN(C(=O)C1(n3cccn3)CCNCC1)CC2. The lowest BCUT2D eigenvalue weighted by atomic mass is 9.86. The molecule has 0 saturated carbocycles. The molecule has 0 unspecified atom stereocenters. The highest BCUT2D eigenvalue weighted by Crippen LogP contribution is 2.34. The molecule has 150 valence electrons. The predicted octanol–water partition coefficient (Wildman–Crippen LogP) is 1.61. The number of hydrogen-bond acceptors (Lipinski definition) is 5. The van der Waals surface area contributed by atoms with Crippen molar-refractivity contribution in [2.75, 3.05) is 40.4 Å². The van der Waals surface area contributed by atoms with E-state index in [0.29, 0.717) is 13.1 Å². The van der Waals surface area contributed by atoms with E-state index in [1.165, 1.54) is 11.1 Å². The first-order valence-electron chi connectivity index (χ1n) is 9.92. The van der Waals surface area contributed by atoms with E-state index in [-0.39, 0.29) is 5.91 Å². The summed E-state index contributed by atoms with van der Waals surface area (Å²) in [7, 11) is 3.31. The van der Waals surface area contributed by atoms with Gasteiger partial charge in [0.2, 0.25) is 0 Å². The van der Waals surface area contributed by atoms with Gasteiger partial charge in [0.05, 0.1) is 14.2 Å². The van der Waals surface area contributed by atoms with E-state index in [4.69, 9.17) is 9.47 Å². The minimum absolute atomic E-state index is 0.185. The van der Waals surface area contributed by atoms with Gasteiger partial charge in [-0.3, -0.25) is 9.48 Å². The first kappa shape index (κ1) is 18.8. The molecule has 1 aromatic heterocycles. The number of hydrogen-bond donors (Lipinski definition) is 1. The molecule has 0 radical (unpaired) electrons. The van der Waals surface area contributed by atoms with Crippen LogP contribution in [0.1, 0.15) is 24.0 Å². The van der Waals surface area contributed by atoms with Gasteiger partial charge in [0.15, 0.2) is 11.5 Å². The largest absolute Gasteiger partial charge is 0.493 e. The first-order chi connectivity index (χ1) is 13.7. The summed E-state index contributed by atoms with van der Waals surface area (Å²) in [5.74, 6) is 1.67. The summed E-state index contributed by atoms with van der Waals surface area (Å²) >= 11 is 0. The number of fused-ring (bicyclic) bond motifs is 1. The Bertz CT molecular complexity index is 793. The van der Waals surface area contributed by atoms with Crippen molar-refractivity contribution in [2.45, 2.75) is 31.2 Å². The molecule has 1 fully saturated rings.